The summed E-state index contributed by atoms with van der Waals surface area (Å²) >= 11 is 1.66. The first-order valence-electron chi connectivity index (χ1n) is 8.99. The number of anilines is 1. The van der Waals surface area contributed by atoms with Crippen molar-refractivity contribution in [3.05, 3.63) is 46.0 Å². The highest BCUT2D eigenvalue weighted by Gasteiger charge is 2.20. The lowest BCUT2D eigenvalue weighted by Gasteiger charge is -2.35. The Kier molecular flexibility index (Phi) is 5.00. The maximum Gasteiger partial charge on any atom is 0.165 e. The quantitative estimate of drug-likeness (QED) is 0.743. The third kappa shape index (κ3) is 4.06. The van der Waals surface area contributed by atoms with Gasteiger partial charge in [-0.05, 0) is 26.0 Å². The predicted octanol–water partition coefficient (Wildman–Crippen LogP) is 2.64. The van der Waals surface area contributed by atoms with Crippen LogP contribution in [0.5, 0.6) is 5.75 Å². The van der Waals surface area contributed by atoms with Crippen LogP contribution in [0.2, 0.25) is 0 Å². The van der Waals surface area contributed by atoms with Crippen molar-refractivity contribution in [2.24, 2.45) is 0 Å². The van der Waals surface area contributed by atoms with Crippen molar-refractivity contribution in [1.29, 1.82) is 0 Å². The van der Waals surface area contributed by atoms with Crippen molar-refractivity contribution in [3.63, 3.8) is 0 Å². The minimum atomic E-state index is 0.200. The number of phenols is 1. The highest BCUT2D eigenvalue weighted by atomic mass is 32.1. The van der Waals surface area contributed by atoms with Gasteiger partial charge in [0.15, 0.2) is 5.82 Å². The van der Waals surface area contributed by atoms with Crippen LogP contribution in [0.3, 0.4) is 0 Å². The Morgan fingerprint density at radius 2 is 1.81 bits per heavy atom. The Balaban J connectivity index is 1.47. The van der Waals surface area contributed by atoms with Crippen LogP contribution in [-0.2, 0) is 6.54 Å². The van der Waals surface area contributed by atoms with Crippen LogP contribution in [0, 0.1) is 13.8 Å². The van der Waals surface area contributed by atoms with Gasteiger partial charge in [0, 0.05) is 37.9 Å². The summed E-state index contributed by atoms with van der Waals surface area (Å²) in [6, 6.07) is 9.19. The SMILES string of the molecule is Cc1cc(N2CCN(Cc3nnc(C)s3)CC2)nc(-c2ccccc2O)n1. The zero-order chi connectivity index (χ0) is 18.8. The first-order chi connectivity index (χ1) is 13.1. The van der Waals surface area contributed by atoms with E-state index in [9.17, 15) is 5.11 Å². The fourth-order valence-electron chi connectivity index (χ4n) is 3.22. The monoisotopic (exact) mass is 382 g/mol. The zero-order valence-corrected chi connectivity index (χ0v) is 16.3. The molecule has 1 N–H and O–H groups in total. The Hall–Kier alpha value is -2.58. The second kappa shape index (κ2) is 7.58. The third-order valence-electron chi connectivity index (χ3n) is 4.61. The second-order valence-electron chi connectivity index (χ2n) is 6.69. The molecule has 3 aromatic rings. The van der Waals surface area contributed by atoms with E-state index < -0.39 is 0 Å². The van der Waals surface area contributed by atoms with Gasteiger partial charge in [-0.25, -0.2) is 9.97 Å². The summed E-state index contributed by atoms with van der Waals surface area (Å²) in [6.45, 7) is 8.50. The fourth-order valence-corrected chi connectivity index (χ4v) is 3.98. The molecule has 1 fully saturated rings. The van der Waals surface area contributed by atoms with E-state index >= 15 is 0 Å². The Morgan fingerprint density at radius 1 is 1.04 bits per heavy atom. The minimum Gasteiger partial charge on any atom is -0.507 e. The van der Waals surface area contributed by atoms with Crippen LogP contribution in [0.1, 0.15) is 15.7 Å². The van der Waals surface area contributed by atoms with Crippen LogP contribution in [-0.4, -0.2) is 56.4 Å². The molecular weight excluding hydrogens is 360 g/mol. The number of aryl methyl sites for hydroxylation is 2. The largest absolute Gasteiger partial charge is 0.507 e. The van der Waals surface area contributed by atoms with E-state index in [1.54, 1.807) is 23.5 Å². The molecule has 1 aliphatic rings. The van der Waals surface area contributed by atoms with E-state index in [2.05, 4.69) is 25.0 Å². The van der Waals surface area contributed by atoms with Crippen molar-refractivity contribution in [2.45, 2.75) is 20.4 Å². The smallest absolute Gasteiger partial charge is 0.165 e. The number of para-hydroxylation sites is 1. The molecule has 0 unspecified atom stereocenters. The lowest BCUT2D eigenvalue weighted by molar-refractivity contribution is 0.248. The molecule has 4 rings (SSSR count). The van der Waals surface area contributed by atoms with Gasteiger partial charge in [0.05, 0.1) is 12.1 Å². The number of phenolic OH excluding ortho intramolecular Hbond substituents is 1. The predicted molar refractivity (Wildman–Crippen MR) is 106 cm³/mol. The summed E-state index contributed by atoms with van der Waals surface area (Å²) in [5.41, 5.74) is 1.55. The molecule has 0 bridgehead atoms. The van der Waals surface area contributed by atoms with E-state index in [4.69, 9.17) is 4.98 Å². The number of benzene rings is 1. The lowest BCUT2D eigenvalue weighted by atomic mass is 10.2. The summed E-state index contributed by atoms with van der Waals surface area (Å²) in [5.74, 6) is 1.67. The molecule has 2 aromatic heterocycles. The average Bonchev–Trinajstić information content (AvgIpc) is 3.07. The zero-order valence-electron chi connectivity index (χ0n) is 15.5. The maximum atomic E-state index is 10.1. The number of hydrogen-bond acceptors (Lipinski definition) is 8. The molecule has 1 aromatic carbocycles. The highest BCUT2D eigenvalue weighted by Crippen LogP contribution is 2.28. The summed E-state index contributed by atoms with van der Waals surface area (Å²) in [5, 5.41) is 20.5. The summed E-state index contributed by atoms with van der Waals surface area (Å²) in [4.78, 5) is 13.9. The molecule has 0 saturated carbocycles. The lowest BCUT2D eigenvalue weighted by Crippen LogP contribution is -2.46. The van der Waals surface area contributed by atoms with Crippen LogP contribution < -0.4 is 4.90 Å². The normalized spacial score (nSPS) is 15.3. The molecule has 27 heavy (non-hydrogen) atoms. The molecule has 0 amide bonds. The van der Waals surface area contributed by atoms with Gasteiger partial charge in [-0.1, -0.05) is 12.1 Å². The molecule has 1 aliphatic heterocycles. The molecule has 0 aliphatic carbocycles. The standard InChI is InChI=1S/C19H22N6OS/c1-13-11-17(21-19(20-13)15-5-3-4-6-16(15)26)25-9-7-24(8-10-25)12-18-23-22-14(2)27-18/h3-6,11,26H,7-10,12H2,1-2H3. The topological polar surface area (TPSA) is 78.3 Å². The maximum absolute atomic E-state index is 10.1. The van der Waals surface area contributed by atoms with Crippen molar-refractivity contribution >= 4 is 17.2 Å². The van der Waals surface area contributed by atoms with Gasteiger partial charge in [0.1, 0.15) is 21.6 Å². The molecule has 1 saturated heterocycles. The molecule has 0 atom stereocenters. The first kappa shape index (κ1) is 17.8. The molecular formula is C19H22N6OS. The van der Waals surface area contributed by atoms with Gasteiger partial charge in [-0.15, -0.1) is 21.5 Å². The van der Waals surface area contributed by atoms with Gasteiger partial charge in [-0.2, -0.15) is 0 Å². The minimum absolute atomic E-state index is 0.200. The highest BCUT2D eigenvalue weighted by molar-refractivity contribution is 7.11. The molecule has 0 radical (unpaired) electrons. The Bertz CT molecular complexity index is 935. The number of aromatic nitrogens is 4. The summed E-state index contributed by atoms with van der Waals surface area (Å²) in [6.07, 6.45) is 0. The van der Waals surface area contributed by atoms with E-state index in [1.165, 1.54) is 0 Å². The Morgan fingerprint density at radius 3 is 2.52 bits per heavy atom. The Labute approximate surface area is 162 Å². The van der Waals surface area contributed by atoms with E-state index in [1.807, 2.05) is 32.0 Å². The summed E-state index contributed by atoms with van der Waals surface area (Å²) in [7, 11) is 0. The van der Waals surface area contributed by atoms with Gasteiger partial charge in [0.25, 0.3) is 0 Å². The van der Waals surface area contributed by atoms with Crippen LogP contribution in [0.25, 0.3) is 11.4 Å². The number of nitrogens with zero attached hydrogens (tertiary/aromatic N) is 6. The molecule has 7 nitrogen and oxygen atoms in total. The number of piperazine rings is 1. The van der Waals surface area contributed by atoms with E-state index in [0.29, 0.717) is 11.4 Å². The van der Waals surface area contributed by atoms with Crippen LogP contribution in [0.15, 0.2) is 30.3 Å². The van der Waals surface area contributed by atoms with Gasteiger partial charge in [-0.3, -0.25) is 4.90 Å². The van der Waals surface area contributed by atoms with Crippen molar-refractivity contribution in [1.82, 2.24) is 25.1 Å². The second-order valence-corrected chi connectivity index (χ2v) is 7.95. The van der Waals surface area contributed by atoms with E-state index in [-0.39, 0.29) is 5.75 Å². The third-order valence-corrected chi connectivity index (χ3v) is 5.43. The number of hydrogen-bond donors (Lipinski definition) is 1. The number of aromatic hydroxyl groups is 1. The molecule has 0 spiro atoms. The van der Waals surface area contributed by atoms with Crippen LogP contribution >= 0.6 is 11.3 Å². The number of rotatable bonds is 4. The molecule has 140 valence electrons. The van der Waals surface area contributed by atoms with Crippen LogP contribution in [0.4, 0.5) is 5.82 Å². The molecule has 3 heterocycles. The molecule has 8 heteroatoms. The van der Waals surface area contributed by atoms with E-state index in [0.717, 1.165) is 54.3 Å². The van der Waals surface area contributed by atoms with Crippen molar-refractivity contribution < 1.29 is 5.11 Å². The first-order valence-corrected chi connectivity index (χ1v) is 9.80. The fraction of sp³-hybridized carbons (Fsp3) is 0.368. The summed E-state index contributed by atoms with van der Waals surface area (Å²) < 4.78 is 0. The average molecular weight is 382 g/mol. The van der Waals surface area contributed by atoms with Crippen molar-refractivity contribution in [2.75, 3.05) is 31.1 Å². The van der Waals surface area contributed by atoms with Gasteiger partial charge in [0.2, 0.25) is 0 Å². The van der Waals surface area contributed by atoms with Gasteiger partial charge < -0.3 is 10.0 Å². The van der Waals surface area contributed by atoms with Gasteiger partial charge >= 0.3 is 0 Å². The van der Waals surface area contributed by atoms with Crippen molar-refractivity contribution in [3.8, 4) is 17.1 Å².